The van der Waals surface area contributed by atoms with Crippen molar-refractivity contribution in [1.29, 1.82) is 0 Å². The third kappa shape index (κ3) is 4.35. The Bertz CT molecular complexity index is 450. The van der Waals surface area contributed by atoms with Crippen LogP contribution in [0.1, 0.15) is 20.8 Å². The molecule has 0 aromatic heterocycles. The van der Waals surface area contributed by atoms with Gasteiger partial charge in [-0.1, -0.05) is 77.4 Å². The summed E-state index contributed by atoms with van der Waals surface area (Å²) in [5.74, 6) is 0. The summed E-state index contributed by atoms with van der Waals surface area (Å²) in [5.41, 5.74) is 3.79. The fourth-order valence-electron chi connectivity index (χ4n) is 1.84. The molecule has 1 nitrogen and oxygen atoms in total. The Kier molecular flexibility index (Phi) is 5.09. The summed E-state index contributed by atoms with van der Waals surface area (Å²) < 4.78 is 2.57. The first-order chi connectivity index (χ1) is 8.95. The van der Waals surface area contributed by atoms with E-state index in [0.29, 0.717) is 5.04 Å². The molecular weight excluding hydrogens is 274 g/mol. The van der Waals surface area contributed by atoms with Crippen LogP contribution in [0.5, 0.6) is 0 Å². The minimum atomic E-state index is -1.61. The molecule has 112 valence electrons. The zero-order valence-electron chi connectivity index (χ0n) is 14.5. The predicted molar refractivity (Wildman–Crippen MR) is 98.6 cm³/mol. The summed E-state index contributed by atoms with van der Waals surface area (Å²) in [4.78, 5) is 0. The standard InChI is InChI=1S/C17H31NSi2/c1-17(2,3)20(7,8)18(14-15-19(4,5)6)16-12-10-9-11-13-16/h9-15H,1-8H3. The SMILES string of the molecule is CC(C)(C)[Si](C)(C)N(C=C[Si](C)(C)C)c1ccccc1. The molecule has 0 N–H and O–H groups in total. The van der Waals surface area contributed by atoms with Crippen LogP contribution in [0.2, 0.25) is 37.8 Å². The molecule has 0 atom stereocenters. The fourth-order valence-corrected chi connectivity index (χ4v) is 4.55. The molecule has 0 unspecified atom stereocenters. The van der Waals surface area contributed by atoms with Crippen molar-refractivity contribution in [2.24, 2.45) is 0 Å². The topological polar surface area (TPSA) is 3.24 Å². The minimum absolute atomic E-state index is 0.326. The maximum atomic E-state index is 2.57. The highest BCUT2D eigenvalue weighted by atomic mass is 28.3. The number of benzene rings is 1. The van der Waals surface area contributed by atoms with Crippen LogP contribution in [0.4, 0.5) is 5.69 Å². The van der Waals surface area contributed by atoms with Gasteiger partial charge in [0, 0.05) is 5.69 Å². The summed E-state index contributed by atoms with van der Waals surface area (Å²) in [5, 5.41) is 0.326. The lowest BCUT2D eigenvalue weighted by Crippen LogP contribution is -2.53. The van der Waals surface area contributed by atoms with Gasteiger partial charge in [-0.2, -0.15) is 0 Å². The molecule has 3 heteroatoms. The van der Waals surface area contributed by atoms with E-state index in [1.165, 1.54) is 5.69 Å². The first kappa shape index (κ1) is 17.2. The van der Waals surface area contributed by atoms with Gasteiger partial charge in [-0.25, -0.2) is 0 Å². The summed E-state index contributed by atoms with van der Waals surface area (Å²) in [7, 11) is -2.80. The largest absolute Gasteiger partial charge is 0.375 e. The van der Waals surface area contributed by atoms with Crippen molar-refractivity contribution in [2.75, 3.05) is 4.57 Å². The highest BCUT2D eigenvalue weighted by molar-refractivity contribution is 6.84. The zero-order valence-corrected chi connectivity index (χ0v) is 16.5. The van der Waals surface area contributed by atoms with Crippen LogP contribution in [0, 0.1) is 0 Å². The highest BCUT2D eigenvalue weighted by Gasteiger charge is 2.40. The van der Waals surface area contributed by atoms with Crippen molar-refractivity contribution in [1.82, 2.24) is 0 Å². The average Bonchev–Trinajstić information content (AvgIpc) is 2.27. The molecule has 0 amide bonds. The van der Waals surface area contributed by atoms with E-state index in [9.17, 15) is 0 Å². The first-order valence-electron chi connectivity index (χ1n) is 7.49. The molecule has 1 rings (SSSR count). The van der Waals surface area contributed by atoms with Crippen LogP contribution in [0.25, 0.3) is 0 Å². The van der Waals surface area contributed by atoms with E-state index in [1.807, 2.05) is 0 Å². The molecule has 0 bridgehead atoms. The van der Waals surface area contributed by atoms with Crippen molar-refractivity contribution in [3.63, 3.8) is 0 Å². The van der Waals surface area contributed by atoms with Gasteiger partial charge >= 0.3 is 0 Å². The number of hydrogen-bond donors (Lipinski definition) is 0. The smallest absolute Gasteiger partial charge is 0.161 e. The van der Waals surface area contributed by atoms with E-state index in [4.69, 9.17) is 0 Å². The van der Waals surface area contributed by atoms with Crippen molar-refractivity contribution >= 4 is 22.0 Å². The normalized spacial score (nSPS) is 13.8. The molecule has 0 heterocycles. The Hall–Kier alpha value is -0.806. The van der Waals surface area contributed by atoms with Gasteiger partial charge in [0.1, 0.15) is 0 Å². The van der Waals surface area contributed by atoms with Crippen LogP contribution < -0.4 is 4.57 Å². The van der Waals surface area contributed by atoms with Crippen molar-refractivity contribution < 1.29 is 0 Å². The lowest BCUT2D eigenvalue weighted by atomic mass is 10.2. The fraction of sp³-hybridized carbons (Fsp3) is 0.529. The van der Waals surface area contributed by atoms with Gasteiger partial charge in [-0.3, -0.25) is 0 Å². The van der Waals surface area contributed by atoms with E-state index in [2.05, 4.69) is 100 Å². The molecule has 20 heavy (non-hydrogen) atoms. The number of nitrogens with zero attached hydrogens (tertiary/aromatic N) is 1. The molecule has 0 aliphatic heterocycles. The Balaban J connectivity index is 3.26. The molecule has 0 radical (unpaired) electrons. The van der Waals surface area contributed by atoms with E-state index in [1.54, 1.807) is 0 Å². The van der Waals surface area contributed by atoms with E-state index in [-0.39, 0.29) is 0 Å². The van der Waals surface area contributed by atoms with Gasteiger partial charge in [-0.05, 0) is 23.4 Å². The lowest BCUT2D eigenvalue weighted by Gasteiger charge is -2.45. The second-order valence-electron chi connectivity index (χ2n) is 8.20. The number of hydrogen-bond acceptors (Lipinski definition) is 1. The third-order valence-corrected chi connectivity index (χ3v) is 10.6. The van der Waals surface area contributed by atoms with Gasteiger partial charge in [0.05, 0.1) is 8.07 Å². The van der Waals surface area contributed by atoms with Crippen LogP contribution in [-0.2, 0) is 0 Å². The summed E-state index contributed by atoms with van der Waals surface area (Å²) >= 11 is 0. The number of para-hydroxylation sites is 1. The van der Waals surface area contributed by atoms with Gasteiger partial charge in [-0.15, -0.1) is 0 Å². The Labute approximate surface area is 127 Å². The minimum Gasteiger partial charge on any atom is -0.375 e. The Morgan fingerprint density at radius 2 is 1.40 bits per heavy atom. The van der Waals surface area contributed by atoms with Crippen LogP contribution >= 0.6 is 0 Å². The van der Waals surface area contributed by atoms with Crippen molar-refractivity contribution in [3.05, 3.63) is 42.2 Å². The third-order valence-electron chi connectivity index (χ3n) is 4.20. The molecule has 0 aliphatic carbocycles. The maximum absolute atomic E-state index is 2.57. The first-order valence-corrected chi connectivity index (χ1v) is 14.0. The average molecular weight is 306 g/mol. The van der Waals surface area contributed by atoms with Gasteiger partial charge < -0.3 is 4.57 Å². The second kappa shape index (κ2) is 5.90. The second-order valence-corrected chi connectivity index (χ2v) is 18.4. The molecule has 0 fully saturated rings. The molecule has 0 aliphatic rings. The predicted octanol–water partition coefficient (Wildman–Crippen LogP) is 5.89. The van der Waals surface area contributed by atoms with E-state index < -0.39 is 16.3 Å². The highest BCUT2D eigenvalue weighted by Crippen LogP contribution is 2.40. The van der Waals surface area contributed by atoms with Gasteiger partial charge in [0.15, 0.2) is 8.24 Å². The maximum Gasteiger partial charge on any atom is 0.161 e. The van der Waals surface area contributed by atoms with Crippen LogP contribution in [-0.4, -0.2) is 16.3 Å². The van der Waals surface area contributed by atoms with Crippen LogP contribution in [0.3, 0.4) is 0 Å². The Morgan fingerprint density at radius 3 is 1.80 bits per heavy atom. The summed E-state index contributed by atoms with van der Waals surface area (Å²) in [6.45, 7) is 19.2. The summed E-state index contributed by atoms with van der Waals surface area (Å²) in [6, 6.07) is 10.8. The number of anilines is 1. The zero-order chi connectivity index (χ0) is 15.6. The van der Waals surface area contributed by atoms with Gasteiger partial charge in [0.2, 0.25) is 0 Å². The molecule has 0 saturated heterocycles. The quantitative estimate of drug-likeness (QED) is 0.627. The lowest BCUT2D eigenvalue weighted by molar-refractivity contribution is 0.714. The molecule has 1 aromatic rings. The molecular formula is C17H31NSi2. The van der Waals surface area contributed by atoms with Crippen molar-refractivity contribution in [3.8, 4) is 0 Å². The number of rotatable bonds is 4. The molecule has 0 saturated carbocycles. The van der Waals surface area contributed by atoms with Crippen LogP contribution in [0.15, 0.2) is 42.2 Å². The molecule has 1 aromatic carbocycles. The van der Waals surface area contributed by atoms with E-state index >= 15 is 0 Å². The van der Waals surface area contributed by atoms with Gasteiger partial charge in [0.25, 0.3) is 0 Å². The molecule has 0 spiro atoms. The van der Waals surface area contributed by atoms with Crippen molar-refractivity contribution in [2.45, 2.75) is 58.5 Å². The summed E-state index contributed by atoms with van der Waals surface area (Å²) in [6.07, 6.45) is 2.37. The Morgan fingerprint density at radius 1 is 0.900 bits per heavy atom. The monoisotopic (exact) mass is 305 g/mol. The van der Waals surface area contributed by atoms with E-state index in [0.717, 1.165) is 0 Å².